The van der Waals surface area contributed by atoms with Crippen LogP contribution >= 0.6 is 0 Å². The number of furan rings is 1. The fraction of sp³-hybridized carbons (Fsp3) is 0.0625. The molecule has 19 heavy (non-hydrogen) atoms. The molecule has 0 atom stereocenters. The summed E-state index contributed by atoms with van der Waals surface area (Å²) in [6, 6.07) is 13.1. The summed E-state index contributed by atoms with van der Waals surface area (Å²) in [6.45, 7) is 1.78. The van der Waals surface area contributed by atoms with E-state index >= 15 is 0 Å². The van der Waals surface area contributed by atoms with Gasteiger partial charge in [0, 0.05) is 10.9 Å². The second kappa shape index (κ2) is 4.35. The zero-order chi connectivity index (χ0) is 13.4. The Hall–Kier alpha value is -2.42. The van der Waals surface area contributed by atoms with E-state index in [9.17, 15) is 9.18 Å². The van der Waals surface area contributed by atoms with Gasteiger partial charge in [0.15, 0.2) is 5.76 Å². The van der Waals surface area contributed by atoms with Crippen LogP contribution in [-0.4, -0.2) is 5.78 Å². The highest BCUT2D eigenvalue weighted by molar-refractivity contribution is 6.15. The third-order valence-electron chi connectivity index (χ3n) is 3.08. The number of rotatable bonds is 2. The smallest absolute Gasteiger partial charge is 0.228 e. The topological polar surface area (TPSA) is 30.2 Å². The first-order valence-electron chi connectivity index (χ1n) is 5.95. The molecule has 0 aliphatic heterocycles. The van der Waals surface area contributed by atoms with E-state index in [1.54, 1.807) is 43.3 Å². The van der Waals surface area contributed by atoms with Crippen LogP contribution in [-0.2, 0) is 0 Å². The lowest BCUT2D eigenvalue weighted by atomic mass is 10.00. The predicted molar refractivity (Wildman–Crippen MR) is 70.8 cm³/mol. The minimum absolute atomic E-state index is 0.232. The predicted octanol–water partition coefficient (Wildman–Crippen LogP) is 4.11. The van der Waals surface area contributed by atoms with Gasteiger partial charge in [-0.15, -0.1) is 0 Å². The van der Waals surface area contributed by atoms with Crippen molar-refractivity contribution in [2.24, 2.45) is 0 Å². The quantitative estimate of drug-likeness (QED) is 0.644. The summed E-state index contributed by atoms with van der Waals surface area (Å²) in [4.78, 5) is 12.4. The molecule has 0 fully saturated rings. The highest BCUT2D eigenvalue weighted by atomic mass is 19.1. The second-order valence-corrected chi connectivity index (χ2v) is 4.38. The van der Waals surface area contributed by atoms with Crippen molar-refractivity contribution in [3.05, 3.63) is 71.4 Å². The number of carbonyl (C=O) groups excluding carboxylic acids is 1. The van der Waals surface area contributed by atoms with Crippen molar-refractivity contribution in [2.75, 3.05) is 0 Å². The zero-order valence-corrected chi connectivity index (χ0v) is 10.3. The second-order valence-electron chi connectivity index (χ2n) is 4.38. The van der Waals surface area contributed by atoms with E-state index in [-0.39, 0.29) is 17.4 Å². The van der Waals surface area contributed by atoms with Gasteiger partial charge in [0.25, 0.3) is 0 Å². The first kappa shape index (κ1) is 11.7. The fourth-order valence-electron chi connectivity index (χ4n) is 2.15. The molecular weight excluding hydrogens is 243 g/mol. The summed E-state index contributed by atoms with van der Waals surface area (Å²) in [5.74, 6) is 0.385. The van der Waals surface area contributed by atoms with Gasteiger partial charge in [-0.3, -0.25) is 4.79 Å². The SMILES string of the molecule is Cc1ccc(C(=O)c2ccc(F)c3ccccc23)o1. The molecule has 0 bridgehead atoms. The van der Waals surface area contributed by atoms with Gasteiger partial charge in [0.05, 0.1) is 0 Å². The Labute approximate surface area is 109 Å². The fourth-order valence-corrected chi connectivity index (χ4v) is 2.15. The first-order valence-corrected chi connectivity index (χ1v) is 5.95. The normalized spacial score (nSPS) is 10.8. The molecule has 0 radical (unpaired) electrons. The molecule has 0 saturated carbocycles. The van der Waals surface area contributed by atoms with Crippen LogP contribution in [0.2, 0.25) is 0 Å². The van der Waals surface area contributed by atoms with Crippen molar-refractivity contribution in [3.63, 3.8) is 0 Å². The van der Waals surface area contributed by atoms with Gasteiger partial charge >= 0.3 is 0 Å². The monoisotopic (exact) mass is 254 g/mol. The number of hydrogen-bond acceptors (Lipinski definition) is 2. The van der Waals surface area contributed by atoms with Gasteiger partial charge in [-0.1, -0.05) is 24.3 Å². The number of fused-ring (bicyclic) bond motifs is 1. The molecule has 3 heteroatoms. The van der Waals surface area contributed by atoms with Crippen LogP contribution in [0.3, 0.4) is 0 Å². The number of ketones is 1. The summed E-state index contributed by atoms with van der Waals surface area (Å²) in [7, 11) is 0. The summed E-state index contributed by atoms with van der Waals surface area (Å²) >= 11 is 0. The van der Waals surface area contributed by atoms with Crippen LogP contribution in [0, 0.1) is 12.7 Å². The molecule has 1 aromatic heterocycles. The highest BCUT2D eigenvalue weighted by Crippen LogP contribution is 2.24. The summed E-state index contributed by atoms with van der Waals surface area (Å²) in [5, 5.41) is 1.04. The molecule has 3 aromatic rings. The molecule has 0 aliphatic carbocycles. The van der Waals surface area contributed by atoms with Crippen molar-refractivity contribution in [1.29, 1.82) is 0 Å². The van der Waals surface area contributed by atoms with E-state index in [4.69, 9.17) is 4.42 Å². The average molecular weight is 254 g/mol. The number of hydrogen-bond donors (Lipinski definition) is 0. The minimum atomic E-state index is -0.331. The maximum absolute atomic E-state index is 13.7. The van der Waals surface area contributed by atoms with Crippen molar-refractivity contribution in [2.45, 2.75) is 6.92 Å². The lowest BCUT2D eigenvalue weighted by molar-refractivity contribution is 0.101. The lowest BCUT2D eigenvalue weighted by Crippen LogP contribution is -2.01. The number of halogens is 1. The lowest BCUT2D eigenvalue weighted by Gasteiger charge is -2.05. The van der Waals surface area contributed by atoms with Crippen molar-refractivity contribution < 1.29 is 13.6 Å². The average Bonchev–Trinajstić information content (AvgIpc) is 2.86. The zero-order valence-electron chi connectivity index (χ0n) is 10.3. The van der Waals surface area contributed by atoms with E-state index in [1.165, 1.54) is 12.1 Å². The van der Waals surface area contributed by atoms with Crippen LogP contribution in [0.1, 0.15) is 21.9 Å². The first-order chi connectivity index (χ1) is 9.16. The minimum Gasteiger partial charge on any atom is -0.458 e. The molecule has 2 nitrogen and oxygen atoms in total. The molecule has 2 aromatic carbocycles. The van der Waals surface area contributed by atoms with Gasteiger partial charge in [-0.05, 0) is 36.6 Å². The standard InChI is InChI=1S/C16H11FO2/c1-10-6-9-15(19-10)16(18)13-7-8-14(17)12-5-3-2-4-11(12)13/h2-9H,1H3. The largest absolute Gasteiger partial charge is 0.458 e. The Morgan fingerprint density at radius 2 is 1.74 bits per heavy atom. The molecular formula is C16H11FO2. The van der Waals surface area contributed by atoms with Crippen molar-refractivity contribution >= 4 is 16.6 Å². The Morgan fingerprint density at radius 1 is 1.00 bits per heavy atom. The van der Waals surface area contributed by atoms with Gasteiger partial charge in [-0.25, -0.2) is 4.39 Å². The van der Waals surface area contributed by atoms with Crippen LogP contribution in [0.25, 0.3) is 10.8 Å². The Bertz CT molecular complexity index is 771. The summed E-state index contributed by atoms with van der Waals surface area (Å²) < 4.78 is 19.0. The molecule has 94 valence electrons. The number of carbonyl (C=O) groups is 1. The summed E-state index contributed by atoms with van der Waals surface area (Å²) in [5.41, 5.74) is 0.450. The van der Waals surface area contributed by atoms with Gasteiger partial charge < -0.3 is 4.42 Å². The highest BCUT2D eigenvalue weighted by Gasteiger charge is 2.16. The van der Waals surface area contributed by atoms with E-state index in [1.807, 2.05) is 0 Å². The Morgan fingerprint density at radius 3 is 2.42 bits per heavy atom. The molecule has 0 saturated heterocycles. The van der Waals surface area contributed by atoms with Crippen molar-refractivity contribution in [1.82, 2.24) is 0 Å². The van der Waals surface area contributed by atoms with E-state index in [2.05, 4.69) is 0 Å². The third-order valence-corrected chi connectivity index (χ3v) is 3.08. The summed E-state index contributed by atoms with van der Waals surface area (Å²) in [6.07, 6.45) is 0. The third kappa shape index (κ3) is 1.93. The van der Waals surface area contributed by atoms with E-state index < -0.39 is 0 Å². The molecule has 0 unspecified atom stereocenters. The Balaban J connectivity index is 2.21. The molecule has 0 N–H and O–H groups in total. The van der Waals surface area contributed by atoms with Crippen LogP contribution in [0.4, 0.5) is 4.39 Å². The van der Waals surface area contributed by atoms with Crippen LogP contribution in [0.5, 0.6) is 0 Å². The van der Waals surface area contributed by atoms with Crippen LogP contribution < -0.4 is 0 Å². The van der Waals surface area contributed by atoms with Crippen molar-refractivity contribution in [3.8, 4) is 0 Å². The molecule has 0 amide bonds. The van der Waals surface area contributed by atoms with E-state index in [0.29, 0.717) is 22.1 Å². The van der Waals surface area contributed by atoms with Gasteiger partial charge in [0.1, 0.15) is 11.6 Å². The van der Waals surface area contributed by atoms with E-state index in [0.717, 1.165) is 0 Å². The van der Waals surface area contributed by atoms with Gasteiger partial charge in [-0.2, -0.15) is 0 Å². The van der Waals surface area contributed by atoms with Gasteiger partial charge in [0.2, 0.25) is 5.78 Å². The number of aryl methyl sites for hydroxylation is 1. The maximum Gasteiger partial charge on any atom is 0.228 e. The molecule has 0 aliphatic rings. The Kier molecular flexibility index (Phi) is 2.67. The molecule has 1 heterocycles. The maximum atomic E-state index is 13.7. The number of benzene rings is 2. The molecule has 0 spiro atoms. The van der Waals surface area contributed by atoms with Crippen LogP contribution in [0.15, 0.2) is 52.9 Å². The molecule has 3 rings (SSSR count).